The number of aliphatic carboxylic acids is 1. The Morgan fingerprint density at radius 1 is 1.58 bits per heavy atom. The number of nitro groups is 1. The number of nitrogens with zero attached hydrogens (tertiary/aromatic N) is 1. The van der Waals surface area contributed by atoms with Crippen molar-refractivity contribution in [3.63, 3.8) is 0 Å². The number of hydrogen-bond acceptors (Lipinski definition) is 4. The molecular formula is C12H15FN2O4. The summed E-state index contributed by atoms with van der Waals surface area (Å²) in [5.74, 6) is -1.97. The van der Waals surface area contributed by atoms with Crippen LogP contribution >= 0.6 is 0 Å². The van der Waals surface area contributed by atoms with Gasteiger partial charge in [0, 0.05) is 6.54 Å². The van der Waals surface area contributed by atoms with Crippen molar-refractivity contribution in [3.05, 3.63) is 34.1 Å². The van der Waals surface area contributed by atoms with Gasteiger partial charge in [-0.15, -0.1) is 0 Å². The predicted octanol–water partition coefficient (Wildman–Crippen LogP) is 2.65. The molecule has 0 aromatic heterocycles. The van der Waals surface area contributed by atoms with E-state index in [9.17, 15) is 19.3 Å². The number of hydrogen-bond donors (Lipinski definition) is 2. The summed E-state index contributed by atoms with van der Waals surface area (Å²) in [6.45, 7) is 3.20. The summed E-state index contributed by atoms with van der Waals surface area (Å²) >= 11 is 0. The number of rotatable bonds is 6. The molecule has 19 heavy (non-hydrogen) atoms. The van der Waals surface area contributed by atoms with Crippen molar-refractivity contribution >= 4 is 17.3 Å². The molecule has 104 valence electrons. The van der Waals surface area contributed by atoms with Gasteiger partial charge in [-0.1, -0.05) is 13.0 Å². The molecule has 1 unspecified atom stereocenters. The average Bonchev–Trinajstić information content (AvgIpc) is 2.35. The maximum absolute atomic E-state index is 13.4. The average molecular weight is 270 g/mol. The third-order valence-corrected chi connectivity index (χ3v) is 3.14. The molecule has 0 bridgehead atoms. The number of nitro benzene ring substituents is 1. The lowest BCUT2D eigenvalue weighted by Crippen LogP contribution is -2.34. The molecule has 2 N–H and O–H groups in total. The summed E-state index contributed by atoms with van der Waals surface area (Å²) in [5.41, 5.74) is -1.77. The van der Waals surface area contributed by atoms with Crippen LogP contribution < -0.4 is 5.32 Å². The molecule has 0 radical (unpaired) electrons. The number of carbonyl (C=O) groups is 1. The summed E-state index contributed by atoms with van der Waals surface area (Å²) < 4.78 is 13.4. The van der Waals surface area contributed by atoms with Crippen molar-refractivity contribution in [1.29, 1.82) is 0 Å². The van der Waals surface area contributed by atoms with Crippen molar-refractivity contribution in [2.75, 3.05) is 11.9 Å². The van der Waals surface area contributed by atoms with Gasteiger partial charge in [0.15, 0.2) is 0 Å². The fourth-order valence-electron chi connectivity index (χ4n) is 1.49. The zero-order valence-electron chi connectivity index (χ0n) is 10.6. The van der Waals surface area contributed by atoms with E-state index >= 15 is 0 Å². The molecule has 0 fully saturated rings. The number of benzene rings is 1. The normalized spacial score (nSPS) is 13.6. The van der Waals surface area contributed by atoms with Crippen molar-refractivity contribution in [2.45, 2.75) is 20.3 Å². The molecule has 0 aliphatic carbocycles. The molecule has 1 atom stereocenters. The summed E-state index contributed by atoms with van der Waals surface area (Å²) in [4.78, 5) is 21.1. The van der Waals surface area contributed by atoms with E-state index in [-0.39, 0.29) is 12.2 Å². The van der Waals surface area contributed by atoms with Crippen LogP contribution in [0.25, 0.3) is 0 Å². The fourth-order valence-corrected chi connectivity index (χ4v) is 1.49. The van der Waals surface area contributed by atoms with E-state index in [0.717, 1.165) is 6.07 Å². The van der Waals surface area contributed by atoms with Gasteiger partial charge in [0.05, 0.1) is 10.3 Å². The van der Waals surface area contributed by atoms with Gasteiger partial charge in [-0.25, -0.2) is 0 Å². The lowest BCUT2D eigenvalue weighted by Gasteiger charge is -2.23. The van der Waals surface area contributed by atoms with Crippen LogP contribution in [0.1, 0.15) is 20.3 Å². The van der Waals surface area contributed by atoms with Crippen molar-refractivity contribution in [1.82, 2.24) is 0 Å². The second kappa shape index (κ2) is 5.64. The summed E-state index contributed by atoms with van der Waals surface area (Å²) in [6.07, 6.45) is 0.346. The zero-order chi connectivity index (χ0) is 14.6. The summed E-state index contributed by atoms with van der Waals surface area (Å²) in [5, 5.41) is 22.5. The van der Waals surface area contributed by atoms with Gasteiger partial charge < -0.3 is 10.4 Å². The van der Waals surface area contributed by atoms with E-state index in [1.165, 1.54) is 19.1 Å². The highest BCUT2D eigenvalue weighted by Gasteiger charge is 2.32. The van der Waals surface area contributed by atoms with Crippen LogP contribution in [0.5, 0.6) is 0 Å². The van der Waals surface area contributed by atoms with Gasteiger partial charge in [-0.3, -0.25) is 14.9 Å². The molecule has 7 heteroatoms. The highest BCUT2D eigenvalue weighted by molar-refractivity contribution is 5.75. The number of anilines is 1. The first kappa shape index (κ1) is 14.9. The highest BCUT2D eigenvalue weighted by atomic mass is 19.1. The Morgan fingerprint density at radius 3 is 2.68 bits per heavy atom. The van der Waals surface area contributed by atoms with Crippen LogP contribution in [-0.2, 0) is 4.79 Å². The standard InChI is InChI=1S/C12H15FN2O4/c1-3-12(2,11(16)17)7-14-9-6-4-5-8(13)10(9)15(18)19/h4-6,14H,3,7H2,1-2H3,(H,16,17). The van der Waals surface area contributed by atoms with Gasteiger partial charge in [-0.05, 0) is 25.5 Å². The fraction of sp³-hybridized carbons (Fsp3) is 0.417. The second-order valence-corrected chi connectivity index (χ2v) is 4.47. The van der Waals surface area contributed by atoms with Crippen LogP contribution in [-0.4, -0.2) is 22.5 Å². The smallest absolute Gasteiger partial charge is 0.327 e. The van der Waals surface area contributed by atoms with Crippen molar-refractivity contribution < 1.29 is 19.2 Å². The number of nitrogens with one attached hydrogen (secondary N) is 1. The minimum absolute atomic E-state index is 0.0223. The molecule has 1 aromatic carbocycles. The van der Waals surface area contributed by atoms with Crippen LogP contribution in [0.15, 0.2) is 18.2 Å². The first-order chi connectivity index (χ1) is 8.81. The monoisotopic (exact) mass is 270 g/mol. The number of carboxylic acids is 1. The van der Waals surface area contributed by atoms with Gasteiger partial charge in [0.1, 0.15) is 5.69 Å². The Morgan fingerprint density at radius 2 is 2.21 bits per heavy atom. The number of carboxylic acid groups (broad SMARTS) is 1. The SMILES string of the molecule is CCC(C)(CNc1cccc(F)c1[N+](=O)[O-])C(=O)O. The maximum Gasteiger partial charge on any atom is 0.327 e. The Labute approximate surface area is 109 Å². The van der Waals surface area contributed by atoms with Crippen molar-refractivity contribution in [2.24, 2.45) is 5.41 Å². The molecule has 0 spiro atoms. The molecule has 1 aromatic rings. The third kappa shape index (κ3) is 3.18. The highest BCUT2D eigenvalue weighted by Crippen LogP contribution is 2.29. The van der Waals surface area contributed by atoms with Crippen LogP contribution in [0, 0.1) is 21.3 Å². The van der Waals surface area contributed by atoms with Gasteiger partial charge >= 0.3 is 11.7 Å². The first-order valence-corrected chi connectivity index (χ1v) is 5.72. The van der Waals surface area contributed by atoms with E-state index in [0.29, 0.717) is 6.42 Å². The minimum atomic E-state index is -1.07. The summed E-state index contributed by atoms with van der Waals surface area (Å²) in [6, 6.07) is 3.66. The number of para-hydroxylation sites is 1. The number of halogens is 1. The molecule has 0 heterocycles. The van der Waals surface area contributed by atoms with Crippen molar-refractivity contribution in [3.8, 4) is 0 Å². The minimum Gasteiger partial charge on any atom is -0.481 e. The molecule has 6 nitrogen and oxygen atoms in total. The Bertz CT molecular complexity index is 507. The van der Waals surface area contributed by atoms with E-state index in [1.54, 1.807) is 6.92 Å². The first-order valence-electron chi connectivity index (χ1n) is 5.72. The predicted molar refractivity (Wildman–Crippen MR) is 67.6 cm³/mol. The molecule has 0 aliphatic rings. The Kier molecular flexibility index (Phi) is 4.42. The quantitative estimate of drug-likeness (QED) is 0.612. The third-order valence-electron chi connectivity index (χ3n) is 3.14. The van der Waals surface area contributed by atoms with Crippen LogP contribution in [0.2, 0.25) is 0 Å². The van der Waals surface area contributed by atoms with E-state index < -0.39 is 27.8 Å². The van der Waals surface area contributed by atoms with Gasteiger partial charge in [0.2, 0.25) is 5.82 Å². The van der Waals surface area contributed by atoms with Gasteiger partial charge in [0.25, 0.3) is 0 Å². The second-order valence-electron chi connectivity index (χ2n) is 4.47. The molecular weight excluding hydrogens is 255 g/mol. The molecule has 0 aliphatic heterocycles. The topological polar surface area (TPSA) is 92.5 Å². The van der Waals surface area contributed by atoms with Crippen LogP contribution in [0.4, 0.5) is 15.8 Å². The summed E-state index contributed by atoms with van der Waals surface area (Å²) in [7, 11) is 0. The van der Waals surface area contributed by atoms with E-state index in [2.05, 4.69) is 5.32 Å². The molecule has 0 saturated heterocycles. The Hall–Kier alpha value is -2.18. The van der Waals surface area contributed by atoms with E-state index in [4.69, 9.17) is 5.11 Å². The van der Waals surface area contributed by atoms with E-state index in [1.807, 2.05) is 0 Å². The maximum atomic E-state index is 13.4. The molecule has 0 saturated carbocycles. The molecule has 0 amide bonds. The largest absolute Gasteiger partial charge is 0.481 e. The Balaban J connectivity index is 2.98. The molecule has 1 rings (SSSR count). The van der Waals surface area contributed by atoms with Crippen LogP contribution in [0.3, 0.4) is 0 Å². The zero-order valence-corrected chi connectivity index (χ0v) is 10.6. The lowest BCUT2D eigenvalue weighted by atomic mass is 9.87. The van der Waals surface area contributed by atoms with Gasteiger partial charge in [-0.2, -0.15) is 4.39 Å². The lowest BCUT2D eigenvalue weighted by molar-refractivity contribution is -0.386.